The van der Waals surface area contributed by atoms with Crippen LogP contribution in [0.15, 0.2) is 0 Å². The van der Waals surface area contributed by atoms with E-state index in [1.165, 1.54) is 6.92 Å². The molecule has 17 heavy (non-hydrogen) atoms. The van der Waals surface area contributed by atoms with Crippen LogP contribution in [0, 0.1) is 0 Å². The van der Waals surface area contributed by atoms with Gasteiger partial charge in [0.25, 0.3) is 0 Å². The lowest BCUT2D eigenvalue weighted by atomic mass is 9.99. The number of rotatable bonds is 4. The second kappa shape index (κ2) is 5.71. The smallest absolute Gasteiger partial charge is 0.246 e. The van der Waals surface area contributed by atoms with Gasteiger partial charge in [0, 0.05) is 0 Å². The van der Waals surface area contributed by atoms with Crippen molar-refractivity contribution in [2.75, 3.05) is 6.61 Å². The SMILES string of the molecule is CC(O[C@@H]1OC(CO)[C@H](O)C(O)C1O)C(N)=O. The van der Waals surface area contributed by atoms with Gasteiger partial charge in [-0.05, 0) is 6.92 Å². The Bertz CT molecular complexity index is 272. The molecule has 4 unspecified atom stereocenters. The molecule has 1 saturated heterocycles. The average molecular weight is 251 g/mol. The van der Waals surface area contributed by atoms with Crippen molar-refractivity contribution in [2.45, 2.75) is 43.7 Å². The molecule has 0 aromatic heterocycles. The molecule has 6 N–H and O–H groups in total. The molecular formula is C9H17NO7. The summed E-state index contributed by atoms with van der Waals surface area (Å²) in [4.78, 5) is 10.8. The number of nitrogens with two attached hydrogens (primary N) is 1. The maximum absolute atomic E-state index is 10.8. The van der Waals surface area contributed by atoms with Gasteiger partial charge in [-0.2, -0.15) is 0 Å². The van der Waals surface area contributed by atoms with E-state index in [1.54, 1.807) is 0 Å². The second-order valence-electron chi connectivity index (χ2n) is 3.88. The van der Waals surface area contributed by atoms with E-state index < -0.39 is 49.3 Å². The first-order chi connectivity index (χ1) is 7.88. The van der Waals surface area contributed by atoms with Crippen molar-refractivity contribution >= 4 is 5.91 Å². The first kappa shape index (κ1) is 14.3. The number of amides is 1. The van der Waals surface area contributed by atoms with Crippen LogP contribution in [0.3, 0.4) is 0 Å². The lowest BCUT2D eigenvalue weighted by Gasteiger charge is -2.40. The zero-order valence-electron chi connectivity index (χ0n) is 9.26. The van der Waals surface area contributed by atoms with Gasteiger partial charge in [-0.25, -0.2) is 0 Å². The first-order valence-electron chi connectivity index (χ1n) is 5.13. The van der Waals surface area contributed by atoms with Crippen molar-refractivity contribution in [1.82, 2.24) is 0 Å². The zero-order chi connectivity index (χ0) is 13.2. The van der Waals surface area contributed by atoms with Gasteiger partial charge >= 0.3 is 0 Å². The van der Waals surface area contributed by atoms with Crippen LogP contribution < -0.4 is 5.73 Å². The minimum absolute atomic E-state index is 0.560. The molecule has 6 atom stereocenters. The van der Waals surface area contributed by atoms with Crippen molar-refractivity contribution in [2.24, 2.45) is 5.73 Å². The highest BCUT2D eigenvalue weighted by atomic mass is 16.7. The van der Waals surface area contributed by atoms with Crippen LogP contribution in [0.25, 0.3) is 0 Å². The molecule has 0 spiro atoms. The molecular weight excluding hydrogens is 234 g/mol. The van der Waals surface area contributed by atoms with Crippen LogP contribution in [0.2, 0.25) is 0 Å². The Morgan fingerprint density at radius 2 is 1.94 bits per heavy atom. The molecule has 1 heterocycles. The maximum Gasteiger partial charge on any atom is 0.246 e. The van der Waals surface area contributed by atoms with Gasteiger partial charge < -0.3 is 35.6 Å². The predicted octanol–water partition coefficient (Wildman–Crippen LogP) is -3.32. The number of aliphatic hydroxyl groups excluding tert-OH is 4. The molecule has 0 bridgehead atoms. The highest BCUT2D eigenvalue weighted by Gasteiger charge is 2.44. The topological polar surface area (TPSA) is 142 Å². The maximum atomic E-state index is 10.8. The zero-order valence-corrected chi connectivity index (χ0v) is 9.26. The van der Waals surface area contributed by atoms with Crippen molar-refractivity contribution in [1.29, 1.82) is 0 Å². The van der Waals surface area contributed by atoms with Gasteiger partial charge in [0.2, 0.25) is 5.91 Å². The van der Waals surface area contributed by atoms with Gasteiger partial charge in [0.1, 0.15) is 30.5 Å². The Balaban J connectivity index is 2.68. The van der Waals surface area contributed by atoms with Crippen molar-refractivity contribution in [3.8, 4) is 0 Å². The summed E-state index contributed by atoms with van der Waals surface area (Å²) < 4.78 is 10.00. The monoisotopic (exact) mass is 251 g/mol. The van der Waals surface area contributed by atoms with Crippen LogP contribution in [-0.2, 0) is 14.3 Å². The van der Waals surface area contributed by atoms with Gasteiger partial charge in [-0.15, -0.1) is 0 Å². The van der Waals surface area contributed by atoms with E-state index in [4.69, 9.17) is 20.3 Å². The van der Waals surface area contributed by atoms with Gasteiger partial charge in [0.05, 0.1) is 6.61 Å². The highest BCUT2D eigenvalue weighted by Crippen LogP contribution is 2.22. The summed E-state index contributed by atoms with van der Waals surface area (Å²) in [5.74, 6) is -0.762. The number of ether oxygens (including phenoxy) is 2. The normalized spacial score (nSPS) is 39.9. The summed E-state index contributed by atoms with van der Waals surface area (Å²) in [6, 6.07) is 0. The minimum Gasteiger partial charge on any atom is -0.394 e. The molecule has 0 saturated carbocycles. The number of aliphatic hydroxyl groups is 4. The molecule has 1 rings (SSSR count). The van der Waals surface area contributed by atoms with E-state index in [1.807, 2.05) is 0 Å². The van der Waals surface area contributed by atoms with E-state index in [9.17, 15) is 20.1 Å². The summed E-state index contributed by atoms with van der Waals surface area (Å²) >= 11 is 0. The number of hydrogen-bond donors (Lipinski definition) is 5. The quantitative estimate of drug-likeness (QED) is 0.352. The number of hydrogen-bond acceptors (Lipinski definition) is 7. The lowest BCUT2D eigenvalue weighted by molar-refractivity contribution is -0.307. The largest absolute Gasteiger partial charge is 0.394 e. The van der Waals surface area contributed by atoms with Crippen molar-refractivity contribution in [3.63, 3.8) is 0 Å². The summed E-state index contributed by atoms with van der Waals surface area (Å²) in [5, 5.41) is 37.4. The van der Waals surface area contributed by atoms with Crippen LogP contribution >= 0.6 is 0 Å². The summed E-state index contributed by atoms with van der Waals surface area (Å²) in [6.45, 7) is 0.791. The van der Waals surface area contributed by atoms with Gasteiger partial charge in [-0.1, -0.05) is 0 Å². The fourth-order valence-electron chi connectivity index (χ4n) is 1.45. The van der Waals surface area contributed by atoms with Crippen molar-refractivity contribution < 1.29 is 34.7 Å². The third kappa shape index (κ3) is 3.12. The van der Waals surface area contributed by atoms with Crippen LogP contribution in [0.5, 0.6) is 0 Å². The summed E-state index contributed by atoms with van der Waals surface area (Å²) in [7, 11) is 0. The molecule has 1 aliphatic rings. The van der Waals surface area contributed by atoms with Crippen LogP contribution in [0.4, 0.5) is 0 Å². The average Bonchev–Trinajstić information content (AvgIpc) is 2.29. The lowest BCUT2D eigenvalue weighted by Crippen LogP contribution is -2.60. The Morgan fingerprint density at radius 1 is 1.35 bits per heavy atom. The van der Waals surface area contributed by atoms with Crippen LogP contribution in [-0.4, -0.2) is 69.8 Å². The minimum atomic E-state index is -1.54. The van der Waals surface area contributed by atoms with E-state index in [0.717, 1.165) is 0 Å². The molecule has 1 fully saturated rings. The summed E-state index contributed by atoms with van der Waals surface area (Å²) in [5.41, 5.74) is 4.97. The third-order valence-corrected chi connectivity index (χ3v) is 2.59. The van der Waals surface area contributed by atoms with E-state index in [-0.39, 0.29) is 0 Å². The molecule has 100 valence electrons. The first-order valence-corrected chi connectivity index (χ1v) is 5.13. The Morgan fingerprint density at radius 3 is 2.41 bits per heavy atom. The van der Waals surface area contributed by atoms with E-state index >= 15 is 0 Å². The summed E-state index contributed by atoms with van der Waals surface area (Å²) in [6.07, 6.45) is -7.97. The number of carbonyl (C=O) groups is 1. The van der Waals surface area contributed by atoms with Crippen LogP contribution in [0.1, 0.15) is 6.92 Å². The molecule has 0 radical (unpaired) electrons. The Hall–Kier alpha value is -0.770. The molecule has 0 aromatic carbocycles. The number of carbonyl (C=O) groups excluding carboxylic acids is 1. The molecule has 1 aliphatic heterocycles. The Kier molecular flexibility index (Phi) is 4.80. The number of primary amides is 1. The standard InChI is InChI=1S/C9H17NO7/c1-3(8(10)15)16-9-7(14)6(13)5(12)4(2-11)17-9/h3-7,9,11-14H,2H2,1H3,(H2,10,15)/t3?,4?,5-,6?,7?,9+/m0/s1. The highest BCUT2D eigenvalue weighted by molar-refractivity contribution is 5.78. The Labute approximate surface area is 97.6 Å². The fourth-order valence-corrected chi connectivity index (χ4v) is 1.45. The molecule has 0 aromatic rings. The molecule has 0 aliphatic carbocycles. The van der Waals surface area contributed by atoms with Gasteiger partial charge in [0.15, 0.2) is 6.29 Å². The third-order valence-electron chi connectivity index (χ3n) is 2.59. The van der Waals surface area contributed by atoms with Crippen molar-refractivity contribution in [3.05, 3.63) is 0 Å². The van der Waals surface area contributed by atoms with E-state index in [0.29, 0.717) is 0 Å². The van der Waals surface area contributed by atoms with Gasteiger partial charge in [-0.3, -0.25) is 4.79 Å². The molecule has 1 amide bonds. The molecule has 8 nitrogen and oxygen atoms in total. The second-order valence-corrected chi connectivity index (χ2v) is 3.88. The predicted molar refractivity (Wildman–Crippen MR) is 53.5 cm³/mol. The fraction of sp³-hybridized carbons (Fsp3) is 0.889. The molecule has 8 heteroatoms. The van der Waals surface area contributed by atoms with E-state index in [2.05, 4.69) is 0 Å².